The lowest BCUT2D eigenvalue weighted by Crippen LogP contribution is -2.35. The number of amides is 1. The smallest absolute Gasteiger partial charge is 0.242 e. The Morgan fingerprint density at radius 2 is 2.16 bits per heavy atom. The number of rotatable bonds is 4. The van der Waals surface area contributed by atoms with E-state index in [0.29, 0.717) is 12.6 Å². The predicted octanol–water partition coefficient (Wildman–Crippen LogP) is 2.96. The molecule has 0 atom stereocenters. The van der Waals surface area contributed by atoms with Gasteiger partial charge in [-0.05, 0) is 49.8 Å². The molecule has 2 aromatic rings. The zero-order valence-corrected chi connectivity index (χ0v) is 11.6. The number of aryl methyl sites for hydroxylation is 1. The fraction of sp³-hybridized carbons (Fsp3) is 0.438. The van der Waals surface area contributed by atoms with Crippen LogP contribution in [0.1, 0.15) is 25.3 Å². The Morgan fingerprint density at radius 3 is 2.84 bits per heavy atom. The molecule has 1 saturated carbocycles. The average Bonchev–Trinajstić information content (AvgIpc) is 3.14. The molecule has 0 N–H and O–H groups in total. The number of hydrogen-bond donors (Lipinski definition) is 0. The highest BCUT2D eigenvalue weighted by Gasteiger charge is 2.31. The van der Waals surface area contributed by atoms with Gasteiger partial charge in [0.15, 0.2) is 0 Å². The molecule has 1 aromatic carbocycles. The summed E-state index contributed by atoms with van der Waals surface area (Å²) in [6.07, 6.45) is 4.36. The van der Waals surface area contributed by atoms with Crippen LogP contribution in [-0.2, 0) is 11.3 Å². The van der Waals surface area contributed by atoms with Crippen LogP contribution in [0.25, 0.3) is 10.9 Å². The zero-order valence-electron chi connectivity index (χ0n) is 11.6. The molecule has 100 valence electrons. The molecule has 0 spiro atoms. The lowest BCUT2D eigenvalue weighted by Gasteiger charge is -2.20. The summed E-state index contributed by atoms with van der Waals surface area (Å²) < 4.78 is 2.07. The Balaban J connectivity index is 1.84. The highest BCUT2D eigenvalue weighted by Crippen LogP contribution is 2.27. The quantitative estimate of drug-likeness (QED) is 0.825. The Kier molecular flexibility index (Phi) is 3.05. The van der Waals surface area contributed by atoms with Crippen molar-refractivity contribution in [2.24, 2.45) is 0 Å². The summed E-state index contributed by atoms with van der Waals surface area (Å²) in [4.78, 5) is 14.4. The molecule has 0 bridgehead atoms. The van der Waals surface area contributed by atoms with Gasteiger partial charge < -0.3 is 9.47 Å². The van der Waals surface area contributed by atoms with Crippen molar-refractivity contribution in [3.05, 3.63) is 36.0 Å². The van der Waals surface area contributed by atoms with Crippen molar-refractivity contribution in [1.82, 2.24) is 9.47 Å². The van der Waals surface area contributed by atoms with E-state index in [2.05, 4.69) is 42.7 Å². The summed E-state index contributed by atoms with van der Waals surface area (Å²) in [6, 6.07) is 8.95. The van der Waals surface area contributed by atoms with Crippen molar-refractivity contribution < 1.29 is 4.79 Å². The van der Waals surface area contributed by atoms with Crippen LogP contribution >= 0.6 is 0 Å². The Bertz CT molecular complexity index is 610. The lowest BCUT2D eigenvalue weighted by atomic mass is 10.2. The zero-order chi connectivity index (χ0) is 13.4. The second-order valence-electron chi connectivity index (χ2n) is 5.42. The first-order chi connectivity index (χ1) is 9.19. The Labute approximate surface area is 113 Å². The first kappa shape index (κ1) is 12.3. The standard InChI is InChI=1S/C16H20N2O/c1-3-18(14-6-7-14)16(19)11-17-9-8-13-5-4-12(2)10-15(13)17/h4-5,8-10,14H,3,6-7,11H2,1-2H3. The maximum atomic E-state index is 12.4. The van der Waals surface area contributed by atoms with Crippen molar-refractivity contribution in [2.45, 2.75) is 39.3 Å². The number of hydrogen-bond acceptors (Lipinski definition) is 1. The van der Waals surface area contributed by atoms with Crippen molar-refractivity contribution >= 4 is 16.8 Å². The first-order valence-corrected chi connectivity index (χ1v) is 7.04. The highest BCUT2D eigenvalue weighted by molar-refractivity contribution is 5.84. The molecular formula is C16H20N2O. The molecule has 1 amide bonds. The van der Waals surface area contributed by atoms with Gasteiger partial charge in [-0.25, -0.2) is 0 Å². The van der Waals surface area contributed by atoms with E-state index < -0.39 is 0 Å². The van der Waals surface area contributed by atoms with Crippen molar-refractivity contribution in [1.29, 1.82) is 0 Å². The topological polar surface area (TPSA) is 25.2 Å². The van der Waals surface area contributed by atoms with E-state index in [-0.39, 0.29) is 5.91 Å². The fourth-order valence-electron chi connectivity index (χ4n) is 2.69. The summed E-state index contributed by atoms with van der Waals surface area (Å²) >= 11 is 0. The maximum Gasteiger partial charge on any atom is 0.242 e. The third-order valence-corrected chi connectivity index (χ3v) is 3.88. The fourth-order valence-corrected chi connectivity index (χ4v) is 2.69. The van der Waals surface area contributed by atoms with Gasteiger partial charge >= 0.3 is 0 Å². The van der Waals surface area contributed by atoms with Crippen LogP contribution in [0.2, 0.25) is 0 Å². The van der Waals surface area contributed by atoms with Crippen LogP contribution in [0.5, 0.6) is 0 Å². The number of carbonyl (C=O) groups excluding carboxylic acids is 1. The highest BCUT2D eigenvalue weighted by atomic mass is 16.2. The van der Waals surface area contributed by atoms with E-state index in [0.717, 1.165) is 12.1 Å². The normalized spacial score (nSPS) is 14.8. The van der Waals surface area contributed by atoms with Gasteiger partial charge in [0.1, 0.15) is 6.54 Å². The van der Waals surface area contributed by atoms with Gasteiger partial charge in [-0.15, -0.1) is 0 Å². The van der Waals surface area contributed by atoms with Crippen LogP contribution in [0.4, 0.5) is 0 Å². The molecule has 1 fully saturated rings. The van der Waals surface area contributed by atoms with Crippen molar-refractivity contribution in [2.75, 3.05) is 6.54 Å². The molecule has 0 unspecified atom stereocenters. The molecule has 3 rings (SSSR count). The van der Waals surface area contributed by atoms with Crippen LogP contribution in [0, 0.1) is 6.92 Å². The molecule has 1 heterocycles. The predicted molar refractivity (Wildman–Crippen MR) is 77.1 cm³/mol. The molecule has 1 aromatic heterocycles. The van der Waals surface area contributed by atoms with Gasteiger partial charge in [0.05, 0.1) is 0 Å². The van der Waals surface area contributed by atoms with Gasteiger partial charge in [-0.1, -0.05) is 12.1 Å². The molecule has 0 aliphatic heterocycles. The molecule has 0 radical (unpaired) electrons. The molecule has 19 heavy (non-hydrogen) atoms. The van der Waals surface area contributed by atoms with Gasteiger partial charge in [-0.2, -0.15) is 0 Å². The summed E-state index contributed by atoms with van der Waals surface area (Å²) in [5.41, 5.74) is 2.38. The van der Waals surface area contributed by atoms with Crippen LogP contribution in [0.15, 0.2) is 30.5 Å². The minimum Gasteiger partial charge on any atom is -0.338 e. The van der Waals surface area contributed by atoms with Gasteiger partial charge in [0.2, 0.25) is 5.91 Å². The number of likely N-dealkylation sites (N-methyl/N-ethyl adjacent to an activating group) is 1. The van der Waals surface area contributed by atoms with Crippen LogP contribution < -0.4 is 0 Å². The van der Waals surface area contributed by atoms with Crippen molar-refractivity contribution in [3.8, 4) is 0 Å². The van der Waals surface area contributed by atoms with E-state index in [9.17, 15) is 4.79 Å². The summed E-state index contributed by atoms with van der Waals surface area (Å²) in [6.45, 7) is 5.42. The number of benzene rings is 1. The van der Waals surface area contributed by atoms with Crippen LogP contribution in [-0.4, -0.2) is 28.0 Å². The number of carbonyl (C=O) groups is 1. The summed E-state index contributed by atoms with van der Waals surface area (Å²) in [7, 11) is 0. The minimum absolute atomic E-state index is 0.240. The second-order valence-corrected chi connectivity index (χ2v) is 5.42. The van der Waals surface area contributed by atoms with E-state index in [1.807, 2.05) is 11.1 Å². The van der Waals surface area contributed by atoms with Crippen LogP contribution in [0.3, 0.4) is 0 Å². The third-order valence-electron chi connectivity index (χ3n) is 3.88. The monoisotopic (exact) mass is 256 g/mol. The van der Waals surface area contributed by atoms with E-state index in [1.165, 1.54) is 23.8 Å². The molecule has 0 saturated heterocycles. The van der Waals surface area contributed by atoms with E-state index >= 15 is 0 Å². The number of aromatic nitrogens is 1. The number of fused-ring (bicyclic) bond motifs is 1. The van der Waals surface area contributed by atoms with Crippen molar-refractivity contribution in [3.63, 3.8) is 0 Å². The average molecular weight is 256 g/mol. The molecule has 1 aliphatic carbocycles. The minimum atomic E-state index is 0.240. The number of nitrogens with zero attached hydrogens (tertiary/aromatic N) is 2. The largest absolute Gasteiger partial charge is 0.338 e. The first-order valence-electron chi connectivity index (χ1n) is 7.04. The van der Waals surface area contributed by atoms with E-state index in [1.54, 1.807) is 0 Å². The van der Waals surface area contributed by atoms with Gasteiger partial charge in [0, 0.05) is 24.3 Å². The SMILES string of the molecule is CCN(C(=O)Cn1ccc2ccc(C)cc21)C1CC1. The molecular weight excluding hydrogens is 236 g/mol. The second kappa shape index (κ2) is 4.72. The Hall–Kier alpha value is -1.77. The van der Waals surface area contributed by atoms with E-state index in [4.69, 9.17) is 0 Å². The summed E-state index contributed by atoms with van der Waals surface area (Å²) in [5.74, 6) is 0.240. The third kappa shape index (κ3) is 2.37. The van der Waals surface area contributed by atoms with Gasteiger partial charge in [-0.3, -0.25) is 4.79 Å². The lowest BCUT2D eigenvalue weighted by molar-refractivity contribution is -0.132. The molecule has 3 nitrogen and oxygen atoms in total. The maximum absolute atomic E-state index is 12.4. The van der Waals surface area contributed by atoms with Gasteiger partial charge in [0.25, 0.3) is 0 Å². The Morgan fingerprint density at radius 1 is 1.37 bits per heavy atom. The molecule has 3 heteroatoms. The summed E-state index contributed by atoms with van der Waals surface area (Å²) in [5, 5.41) is 1.20. The molecule has 1 aliphatic rings.